The molecule has 2 atom stereocenters. The van der Waals surface area contributed by atoms with Gasteiger partial charge in [0.15, 0.2) is 12.6 Å². The summed E-state index contributed by atoms with van der Waals surface area (Å²) in [5, 5.41) is 0. The maximum absolute atomic E-state index is 6.06. The van der Waals surface area contributed by atoms with Gasteiger partial charge in [0.25, 0.3) is 0 Å². The van der Waals surface area contributed by atoms with Crippen molar-refractivity contribution in [3.63, 3.8) is 0 Å². The topological polar surface area (TPSA) is 36.9 Å². The predicted octanol–water partition coefficient (Wildman–Crippen LogP) is 12.4. The lowest BCUT2D eigenvalue weighted by molar-refractivity contribution is -0.170. The van der Waals surface area contributed by atoms with E-state index in [9.17, 15) is 0 Å². The third-order valence-electron chi connectivity index (χ3n) is 8.85. The van der Waals surface area contributed by atoms with Gasteiger partial charge in [0.05, 0.1) is 0 Å². The predicted molar refractivity (Wildman–Crippen MR) is 183 cm³/mol. The molecule has 0 rings (SSSR count). The van der Waals surface area contributed by atoms with Crippen LogP contribution in [-0.4, -0.2) is 39.0 Å². The number of rotatable bonds is 35. The molecule has 4 heteroatoms. The molecule has 4 nitrogen and oxygen atoms in total. The van der Waals surface area contributed by atoms with Gasteiger partial charge in [-0.1, -0.05) is 142 Å². The van der Waals surface area contributed by atoms with Gasteiger partial charge in [-0.2, -0.15) is 0 Å². The summed E-state index contributed by atoms with van der Waals surface area (Å²) < 4.78 is 24.2. The van der Waals surface area contributed by atoms with Crippen LogP contribution >= 0.6 is 0 Å². The number of unbranched alkanes of at least 4 members (excludes halogenated alkanes) is 17. The van der Waals surface area contributed by atoms with Gasteiger partial charge in [-0.3, -0.25) is 0 Å². The van der Waals surface area contributed by atoms with Crippen molar-refractivity contribution in [3.8, 4) is 0 Å². The molecule has 254 valence electrons. The fourth-order valence-electron chi connectivity index (χ4n) is 6.38. The van der Waals surface area contributed by atoms with E-state index >= 15 is 0 Å². The van der Waals surface area contributed by atoms with Crippen molar-refractivity contribution in [3.05, 3.63) is 0 Å². The first-order valence-electron chi connectivity index (χ1n) is 19.1. The van der Waals surface area contributed by atoms with Gasteiger partial charge in [0, 0.05) is 38.3 Å². The Morgan fingerprint density at radius 1 is 0.286 bits per heavy atom. The van der Waals surface area contributed by atoms with Gasteiger partial charge in [-0.15, -0.1) is 0 Å². The Balaban J connectivity index is 4.41. The molecule has 0 saturated carbocycles. The van der Waals surface area contributed by atoms with Crippen LogP contribution in [0.1, 0.15) is 196 Å². The Labute approximate surface area is 265 Å². The minimum Gasteiger partial charge on any atom is -0.353 e. The van der Waals surface area contributed by atoms with Crippen LogP contribution in [0.4, 0.5) is 0 Å². The Hall–Kier alpha value is -0.160. The van der Waals surface area contributed by atoms with Crippen molar-refractivity contribution in [2.45, 2.75) is 208 Å². The standard InChI is InChI=1S/C38H78O4/c1-7-13-15-17-19-23-27-31-35(37(39-9-3)40-10-4)33-29-25-21-22-26-30-34-36(38(41-11-5)42-12-6)32-28-24-20-18-16-14-8-2/h35-38H,7-34H2,1-6H3. The average Bonchev–Trinajstić information content (AvgIpc) is 2.99. The van der Waals surface area contributed by atoms with Crippen molar-refractivity contribution >= 4 is 0 Å². The maximum atomic E-state index is 6.06. The van der Waals surface area contributed by atoms with Crippen LogP contribution in [-0.2, 0) is 18.9 Å². The highest BCUT2D eigenvalue weighted by molar-refractivity contribution is 4.67. The number of hydrogen-bond donors (Lipinski definition) is 0. The second-order valence-corrected chi connectivity index (χ2v) is 12.6. The van der Waals surface area contributed by atoms with E-state index in [1.165, 1.54) is 154 Å². The lowest BCUT2D eigenvalue weighted by Crippen LogP contribution is -2.27. The summed E-state index contributed by atoms with van der Waals surface area (Å²) in [6, 6.07) is 0. The van der Waals surface area contributed by atoms with Crippen molar-refractivity contribution in [2.75, 3.05) is 26.4 Å². The molecule has 0 bridgehead atoms. The summed E-state index contributed by atoms with van der Waals surface area (Å²) in [6.07, 6.45) is 32.1. The normalized spacial score (nSPS) is 13.4. The smallest absolute Gasteiger partial charge is 0.160 e. The van der Waals surface area contributed by atoms with Crippen LogP contribution < -0.4 is 0 Å². The largest absolute Gasteiger partial charge is 0.353 e. The van der Waals surface area contributed by atoms with E-state index in [1.807, 2.05) is 0 Å². The van der Waals surface area contributed by atoms with Crippen LogP contribution in [0.2, 0.25) is 0 Å². The van der Waals surface area contributed by atoms with Crippen LogP contribution in [0.3, 0.4) is 0 Å². The number of ether oxygens (including phenoxy) is 4. The number of hydrogen-bond acceptors (Lipinski definition) is 4. The van der Waals surface area contributed by atoms with E-state index in [-0.39, 0.29) is 12.6 Å². The Morgan fingerprint density at radius 3 is 0.714 bits per heavy atom. The molecule has 0 aliphatic rings. The summed E-state index contributed by atoms with van der Waals surface area (Å²) in [5.74, 6) is 1.09. The molecule has 0 spiro atoms. The molecule has 0 aromatic rings. The third-order valence-corrected chi connectivity index (χ3v) is 8.85. The van der Waals surface area contributed by atoms with Crippen LogP contribution in [0.5, 0.6) is 0 Å². The van der Waals surface area contributed by atoms with Crippen LogP contribution in [0.15, 0.2) is 0 Å². The average molecular weight is 599 g/mol. The van der Waals surface area contributed by atoms with Crippen LogP contribution in [0, 0.1) is 11.8 Å². The van der Waals surface area contributed by atoms with Crippen molar-refractivity contribution in [1.82, 2.24) is 0 Å². The highest BCUT2D eigenvalue weighted by atomic mass is 16.7. The van der Waals surface area contributed by atoms with Crippen molar-refractivity contribution in [2.24, 2.45) is 11.8 Å². The zero-order chi connectivity index (χ0) is 30.9. The van der Waals surface area contributed by atoms with E-state index < -0.39 is 0 Å². The second-order valence-electron chi connectivity index (χ2n) is 12.6. The van der Waals surface area contributed by atoms with Crippen molar-refractivity contribution < 1.29 is 18.9 Å². The molecule has 2 unspecified atom stereocenters. The Kier molecular flexibility index (Phi) is 33.6. The molecule has 0 saturated heterocycles. The zero-order valence-corrected chi connectivity index (χ0v) is 29.7. The SMILES string of the molecule is CCCCCCCCCC(CCCCCCCCC(CCCCCCCCC)C(OCC)OCC)C(OCC)OCC. The summed E-state index contributed by atoms with van der Waals surface area (Å²) in [6.45, 7) is 15.9. The van der Waals surface area contributed by atoms with E-state index in [4.69, 9.17) is 18.9 Å². The van der Waals surface area contributed by atoms with Gasteiger partial charge in [-0.05, 0) is 53.4 Å². The molecule has 0 aromatic carbocycles. The Morgan fingerprint density at radius 2 is 0.500 bits per heavy atom. The molecule has 42 heavy (non-hydrogen) atoms. The first-order chi connectivity index (χ1) is 20.7. The summed E-state index contributed by atoms with van der Waals surface area (Å²) >= 11 is 0. The fourth-order valence-corrected chi connectivity index (χ4v) is 6.38. The monoisotopic (exact) mass is 599 g/mol. The molecule has 0 radical (unpaired) electrons. The highest BCUT2D eigenvalue weighted by Gasteiger charge is 2.23. The zero-order valence-electron chi connectivity index (χ0n) is 29.7. The molecular formula is C38H78O4. The van der Waals surface area contributed by atoms with Gasteiger partial charge in [-0.25, -0.2) is 0 Å². The second kappa shape index (κ2) is 33.7. The molecule has 0 aliphatic carbocycles. The van der Waals surface area contributed by atoms with Crippen LogP contribution in [0.25, 0.3) is 0 Å². The fraction of sp³-hybridized carbons (Fsp3) is 1.00. The molecule has 0 fully saturated rings. The van der Waals surface area contributed by atoms with Crippen molar-refractivity contribution in [1.29, 1.82) is 0 Å². The van der Waals surface area contributed by atoms with Gasteiger partial charge >= 0.3 is 0 Å². The first kappa shape index (κ1) is 41.8. The van der Waals surface area contributed by atoms with E-state index in [1.54, 1.807) is 0 Å². The third kappa shape index (κ3) is 25.2. The molecule has 0 heterocycles. The molecule has 0 amide bonds. The highest BCUT2D eigenvalue weighted by Crippen LogP contribution is 2.27. The lowest BCUT2D eigenvalue weighted by Gasteiger charge is -2.27. The molecule has 0 N–H and O–H groups in total. The first-order valence-corrected chi connectivity index (χ1v) is 19.1. The minimum absolute atomic E-state index is 0.0167. The van der Waals surface area contributed by atoms with Gasteiger partial charge < -0.3 is 18.9 Å². The summed E-state index contributed by atoms with van der Waals surface area (Å²) in [4.78, 5) is 0. The van der Waals surface area contributed by atoms with Gasteiger partial charge in [0.2, 0.25) is 0 Å². The Bertz CT molecular complexity index is 443. The summed E-state index contributed by atoms with van der Waals surface area (Å²) in [7, 11) is 0. The van der Waals surface area contributed by atoms with E-state index in [0.717, 1.165) is 26.4 Å². The molecular weight excluding hydrogens is 520 g/mol. The van der Waals surface area contributed by atoms with E-state index in [0.29, 0.717) is 11.8 Å². The summed E-state index contributed by atoms with van der Waals surface area (Å²) in [5.41, 5.74) is 0. The lowest BCUT2D eigenvalue weighted by atomic mass is 9.92. The quantitative estimate of drug-likeness (QED) is 0.0537. The molecule has 0 aromatic heterocycles. The van der Waals surface area contributed by atoms with Gasteiger partial charge in [0.1, 0.15) is 0 Å². The molecule has 0 aliphatic heterocycles. The van der Waals surface area contributed by atoms with E-state index in [2.05, 4.69) is 41.5 Å². The maximum Gasteiger partial charge on any atom is 0.160 e. The minimum atomic E-state index is -0.0167.